The molecule has 92 valence electrons. The zero-order valence-electron chi connectivity index (χ0n) is 9.43. The molecule has 6 nitrogen and oxygen atoms in total. The highest BCUT2D eigenvalue weighted by atomic mass is 32.2. The first-order valence-corrected chi connectivity index (χ1v) is 6.72. The van der Waals surface area contributed by atoms with Gasteiger partial charge in [-0.05, 0) is 13.8 Å². The quantitative estimate of drug-likeness (QED) is 0.723. The molecule has 16 heavy (non-hydrogen) atoms. The number of nitrogens with zero attached hydrogens (tertiary/aromatic N) is 1. The Hall–Kier alpha value is -0.920. The number of aromatic amines is 1. The van der Waals surface area contributed by atoms with Gasteiger partial charge in [0.05, 0.1) is 25.0 Å². The standard InChI is InChI=1S/C9H17N3O3S/c1-8(2)15-5-6-16(13,14)12-7-9-10-3-4-11-9/h3-4,8,12H,5-7H2,1-2H3,(H,10,11). The van der Waals surface area contributed by atoms with E-state index >= 15 is 0 Å². The molecule has 0 aromatic carbocycles. The van der Waals surface area contributed by atoms with Gasteiger partial charge in [-0.3, -0.25) is 0 Å². The molecule has 1 aromatic rings. The maximum absolute atomic E-state index is 11.5. The van der Waals surface area contributed by atoms with Crippen molar-refractivity contribution < 1.29 is 13.2 Å². The summed E-state index contributed by atoms with van der Waals surface area (Å²) in [5.41, 5.74) is 0. The Morgan fingerprint density at radius 2 is 2.31 bits per heavy atom. The number of hydrogen-bond acceptors (Lipinski definition) is 4. The fourth-order valence-electron chi connectivity index (χ4n) is 1.04. The maximum Gasteiger partial charge on any atom is 0.214 e. The molecule has 0 unspecified atom stereocenters. The van der Waals surface area contributed by atoms with Crippen molar-refractivity contribution in [1.29, 1.82) is 0 Å². The molecule has 0 amide bonds. The number of H-pyrrole nitrogens is 1. The summed E-state index contributed by atoms with van der Waals surface area (Å²) < 4.78 is 30.6. The van der Waals surface area contributed by atoms with Gasteiger partial charge in [0.25, 0.3) is 0 Å². The lowest BCUT2D eigenvalue weighted by Gasteiger charge is -2.08. The molecule has 0 aliphatic rings. The molecule has 0 aliphatic carbocycles. The Kier molecular flexibility index (Phi) is 4.91. The SMILES string of the molecule is CC(C)OCCS(=O)(=O)NCc1ncc[nH]1. The molecule has 0 aliphatic heterocycles. The Bertz CT molecular complexity index is 386. The summed E-state index contributed by atoms with van der Waals surface area (Å²) in [5, 5.41) is 0. The number of imidazole rings is 1. The molecule has 0 fully saturated rings. The summed E-state index contributed by atoms with van der Waals surface area (Å²) in [6, 6.07) is 0. The van der Waals surface area contributed by atoms with Crippen LogP contribution in [0.5, 0.6) is 0 Å². The monoisotopic (exact) mass is 247 g/mol. The molecule has 1 heterocycles. The third kappa shape index (κ3) is 5.24. The van der Waals surface area contributed by atoms with Crippen molar-refractivity contribution in [1.82, 2.24) is 14.7 Å². The third-order valence-corrected chi connectivity index (χ3v) is 3.11. The first-order chi connectivity index (χ1) is 7.49. The van der Waals surface area contributed by atoms with Crippen LogP contribution in [0.1, 0.15) is 19.7 Å². The minimum absolute atomic E-state index is 0.0358. The van der Waals surface area contributed by atoms with Crippen LogP contribution in [0.25, 0.3) is 0 Å². The van der Waals surface area contributed by atoms with Crippen LogP contribution >= 0.6 is 0 Å². The summed E-state index contributed by atoms with van der Waals surface area (Å²) in [6.07, 6.45) is 3.26. The summed E-state index contributed by atoms with van der Waals surface area (Å²) in [5.74, 6) is 0.555. The minimum Gasteiger partial charge on any atom is -0.378 e. The lowest BCUT2D eigenvalue weighted by atomic mass is 10.5. The number of hydrogen-bond donors (Lipinski definition) is 2. The molecule has 0 bridgehead atoms. The van der Waals surface area contributed by atoms with Crippen LogP contribution in [0.3, 0.4) is 0 Å². The van der Waals surface area contributed by atoms with Crippen LogP contribution in [0, 0.1) is 0 Å². The van der Waals surface area contributed by atoms with Gasteiger partial charge < -0.3 is 9.72 Å². The number of sulfonamides is 1. The molecule has 0 spiro atoms. The topological polar surface area (TPSA) is 84.1 Å². The minimum atomic E-state index is -3.29. The van der Waals surface area contributed by atoms with Crippen molar-refractivity contribution in [3.05, 3.63) is 18.2 Å². The van der Waals surface area contributed by atoms with E-state index in [1.165, 1.54) is 0 Å². The molecule has 0 saturated heterocycles. The van der Waals surface area contributed by atoms with Crippen LogP contribution < -0.4 is 4.72 Å². The zero-order valence-corrected chi connectivity index (χ0v) is 10.3. The van der Waals surface area contributed by atoms with Crippen molar-refractivity contribution in [2.24, 2.45) is 0 Å². The van der Waals surface area contributed by atoms with Crippen LogP contribution in [-0.2, 0) is 21.3 Å². The fourth-order valence-corrected chi connectivity index (χ4v) is 1.86. The first-order valence-electron chi connectivity index (χ1n) is 5.07. The van der Waals surface area contributed by atoms with Crippen molar-refractivity contribution in [3.8, 4) is 0 Å². The second kappa shape index (κ2) is 5.97. The van der Waals surface area contributed by atoms with Gasteiger partial charge >= 0.3 is 0 Å². The molecule has 1 aromatic heterocycles. The number of aromatic nitrogens is 2. The van der Waals surface area contributed by atoms with E-state index in [2.05, 4.69) is 14.7 Å². The highest BCUT2D eigenvalue weighted by Crippen LogP contribution is 1.93. The summed E-state index contributed by atoms with van der Waals surface area (Å²) in [7, 11) is -3.29. The molecule has 0 radical (unpaired) electrons. The van der Waals surface area contributed by atoms with E-state index in [9.17, 15) is 8.42 Å². The maximum atomic E-state index is 11.5. The molecule has 7 heteroatoms. The first kappa shape index (κ1) is 13.1. The number of ether oxygens (including phenoxy) is 1. The second-order valence-electron chi connectivity index (χ2n) is 3.60. The lowest BCUT2D eigenvalue weighted by molar-refractivity contribution is 0.0911. The van der Waals surface area contributed by atoms with Gasteiger partial charge in [-0.25, -0.2) is 18.1 Å². The van der Waals surface area contributed by atoms with Gasteiger partial charge in [-0.1, -0.05) is 0 Å². The summed E-state index contributed by atoms with van der Waals surface area (Å²) in [4.78, 5) is 6.73. The lowest BCUT2D eigenvalue weighted by Crippen LogP contribution is -2.29. The largest absolute Gasteiger partial charge is 0.378 e. The van der Waals surface area contributed by atoms with Gasteiger partial charge in [0.15, 0.2) is 0 Å². The Morgan fingerprint density at radius 3 is 2.88 bits per heavy atom. The molecule has 2 N–H and O–H groups in total. The van der Waals surface area contributed by atoms with Crippen molar-refractivity contribution in [2.45, 2.75) is 26.5 Å². The Labute approximate surface area is 95.5 Å². The van der Waals surface area contributed by atoms with Gasteiger partial charge in [0.2, 0.25) is 10.0 Å². The van der Waals surface area contributed by atoms with Crippen LogP contribution in [-0.4, -0.2) is 36.8 Å². The molecular weight excluding hydrogens is 230 g/mol. The van der Waals surface area contributed by atoms with Gasteiger partial charge in [-0.2, -0.15) is 0 Å². The van der Waals surface area contributed by atoms with Crippen molar-refractivity contribution in [2.75, 3.05) is 12.4 Å². The van der Waals surface area contributed by atoms with E-state index in [0.29, 0.717) is 5.82 Å². The predicted octanol–water partition coefficient (Wildman–Crippen LogP) is 0.254. The van der Waals surface area contributed by atoms with E-state index in [-0.39, 0.29) is 25.0 Å². The summed E-state index contributed by atoms with van der Waals surface area (Å²) >= 11 is 0. The van der Waals surface area contributed by atoms with Gasteiger partial charge in [-0.15, -0.1) is 0 Å². The second-order valence-corrected chi connectivity index (χ2v) is 5.52. The van der Waals surface area contributed by atoms with E-state index in [1.807, 2.05) is 13.8 Å². The Balaban J connectivity index is 2.29. The van der Waals surface area contributed by atoms with E-state index in [1.54, 1.807) is 12.4 Å². The molecule has 1 rings (SSSR count). The third-order valence-electron chi connectivity index (χ3n) is 1.82. The van der Waals surface area contributed by atoms with Crippen LogP contribution in [0.4, 0.5) is 0 Å². The predicted molar refractivity (Wildman–Crippen MR) is 60.3 cm³/mol. The van der Waals surface area contributed by atoms with E-state index in [4.69, 9.17) is 4.74 Å². The summed E-state index contributed by atoms with van der Waals surface area (Å²) in [6.45, 7) is 4.11. The molecular formula is C9H17N3O3S. The average Bonchev–Trinajstić information content (AvgIpc) is 2.66. The number of rotatable bonds is 7. The molecule has 0 saturated carbocycles. The van der Waals surface area contributed by atoms with Crippen LogP contribution in [0.15, 0.2) is 12.4 Å². The van der Waals surface area contributed by atoms with Crippen LogP contribution in [0.2, 0.25) is 0 Å². The fraction of sp³-hybridized carbons (Fsp3) is 0.667. The smallest absolute Gasteiger partial charge is 0.214 e. The van der Waals surface area contributed by atoms with Gasteiger partial charge in [0, 0.05) is 12.4 Å². The van der Waals surface area contributed by atoms with Crippen molar-refractivity contribution >= 4 is 10.0 Å². The van der Waals surface area contributed by atoms with Gasteiger partial charge in [0.1, 0.15) is 5.82 Å². The van der Waals surface area contributed by atoms with E-state index in [0.717, 1.165) is 0 Å². The Morgan fingerprint density at radius 1 is 1.56 bits per heavy atom. The molecule has 0 atom stereocenters. The van der Waals surface area contributed by atoms with E-state index < -0.39 is 10.0 Å². The normalized spacial score (nSPS) is 12.2. The number of nitrogens with one attached hydrogen (secondary N) is 2. The highest BCUT2D eigenvalue weighted by Gasteiger charge is 2.10. The zero-order chi connectivity index (χ0) is 12.0. The van der Waals surface area contributed by atoms with Crippen molar-refractivity contribution in [3.63, 3.8) is 0 Å². The average molecular weight is 247 g/mol. The highest BCUT2D eigenvalue weighted by molar-refractivity contribution is 7.89.